The first-order valence-corrected chi connectivity index (χ1v) is 5.86. The van der Waals surface area contributed by atoms with Gasteiger partial charge < -0.3 is 9.84 Å². The number of phenolic OH excluding ortho intramolecular Hbond substituents is 1. The number of hydrogen-bond donors (Lipinski definition) is 1. The van der Waals surface area contributed by atoms with Crippen molar-refractivity contribution < 1.29 is 23.0 Å². The minimum atomic E-state index is -4.88. The van der Waals surface area contributed by atoms with Gasteiger partial charge in [0, 0.05) is 5.56 Å². The first-order valence-electron chi connectivity index (χ1n) is 5.48. The smallest absolute Gasteiger partial charge is 0.504 e. The molecule has 0 atom stereocenters. The minimum absolute atomic E-state index is 0.377. The quantitative estimate of drug-likeness (QED) is 0.898. The number of phenols is 1. The lowest BCUT2D eigenvalue weighted by Gasteiger charge is -2.12. The van der Waals surface area contributed by atoms with E-state index >= 15 is 0 Å². The Morgan fingerprint density at radius 3 is 2.50 bits per heavy atom. The zero-order valence-electron chi connectivity index (χ0n) is 10.2. The Kier molecular flexibility index (Phi) is 3.76. The molecule has 0 unspecified atom stereocenters. The van der Waals surface area contributed by atoms with Crippen molar-refractivity contribution >= 4 is 11.6 Å². The third-order valence-electron chi connectivity index (χ3n) is 2.50. The van der Waals surface area contributed by atoms with E-state index in [2.05, 4.69) is 9.72 Å². The van der Waals surface area contributed by atoms with Crippen LogP contribution >= 0.6 is 11.6 Å². The zero-order chi connectivity index (χ0) is 14.9. The highest BCUT2D eigenvalue weighted by Crippen LogP contribution is 2.35. The number of halogens is 4. The van der Waals surface area contributed by atoms with Gasteiger partial charge in [0.05, 0.1) is 16.4 Å². The molecule has 2 aromatic rings. The predicted octanol–water partition coefficient (Wildman–Crippen LogP) is 4.31. The molecule has 2 rings (SSSR count). The molecule has 0 radical (unpaired) electrons. The van der Waals surface area contributed by atoms with E-state index in [1.807, 2.05) is 0 Å². The fraction of sp³-hybridized carbons (Fsp3) is 0.154. The number of hydrogen-bond acceptors (Lipinski definition) is 3. The van der Waals surface area contributed by atoms with Crippen molar-refractivity contribution in [2.45, 2.75) is 13.3 Å². The average Bonchev–Trinajstić information content (AvgIpc) is 2.34. The lowest BCUT2D eigenvalue weighted by molar-refractivity contribution is -0.275. The summed E-state index contributed by atoms with van der Waals surface area (Å²) in [5, 5.41) is 9.84. The average molecular weight is 304 g/mol. The molecule has 1 aromatic heterocycles. The van der Waals surface area contributed by atoms with Crippen LogP contribution in [0, 0.1) is 6.92 Å². The Labute approximate surface area is 117 Å². The number of aromatic hydroxyl groups is 1. The van der Waals surface area contributed by atoms with E-state index < -0.39 is 17.9 Å². The third-order valence-corrected chi connectivity index (χ3v) is 2.90. The summed E-state index contributed by atoms with van der Waals surface area (Å²) in [7, 11) is 0. The summed E-state index contributed by atoms with van der Waals surface area (Å²) in [6, 6.07) is 6.78. The van der Waals surface area contributed by atoms with E-state index in [4.69, 9.17) is 11.6 Å². The second-order valence-electron chi connectivity index (χ2n) is 3.99. The van der Waals surface area contributed by atoms with Crippen molar-refractivity contribution in [3.63, 3.8) is 0 Å². The first-order chi connectivity index (χ1) is 9.26. The Morgan fingerprint density at radius 1 is 1.20 bits per heavy atom. The molecule has 0 spiro atoms. The molecule has 7 heteroatoms. The highest BCUT2D eigenvalue weighted by Gasteiger charge is 2.32. The van der Waals surface area contributed by atoms with Crippen LogP contribution in [0.25, 0.3) is 11.3 Å². The number of alkyl halides is 3. The molecular weight excluding hydrogens is 295 g/mol. The number of aromatic nitrogens is 1. The van der Waals surface area contributed by atoms with E-state index in [1.165, 1.54) is 6.07 Å². The molecule has 1 heterocycles. The lowest BCUT2D eigenvalue weighted by atomic mass is 10.1. The van der Waals surface area contributed by atoms with Gasteiger partial charge >= 0.3 is 6.36 Å². The predicted molar refractivity (Wildman–Crippen MR) is 67.8 cm³/mol. The van der Waals surface area contributed by atoms with Crippen LogP contribution in [0.2, 0.25) is 5.02 Å². The Bertz CT molecular complexity index is 644. The van der Waals surface area contributed by atoms with Crippen LogP contribution in [-0.4, -0.2) is 16.5 Å². The first kappa shape index (κ1) is 14.5. The van der Waals surface area contributed by atoms with Crippen LogP contribution in [0.4, 0.5) is 13.2 Å². The van der Waals surface area contributed by atoms with Gasteiger partial charge in [-0.2, -0.15) is 0 Å². The molecule has 1 aromatic carbocycles. The molecule has 0 aliphatic carbocycles. The molecule has 0 fully saturated rings. The largest absolute Gasteiger partial charge is 0.573 e. The molecule has 20 heavy (non-hydrogen) atoms. The van der Waals surface area contributed by atoms with Crippen LogP contribution in [-0.2, 0) is 0 Å². The van der Waals surface area contributed by atoms with Gasteiger partial charge in [-0.1, -0.05) is 11.6 Å². The highest BCUT2D eigenvalue weighted by atomic mass is 35.5. The number of aryl methyl sites for hydroxylation is 1. The number of rotatable bonds is 2. The summed E-state index contributed by atoms with van der Waals surface area (Å²) >= 11 is 5.84. The van der Waals surface area contributed by atoms with Gasteiger partial charge in [0.1, 0.15) is 0 Å². The summed E-state index contributed by atoms with van der Waals surface area (Å²) < 4.78 is 40.4. The number of pyridine rings is 1. The van der Waals surface area contributed by atoms with Crippen molar-refractivity contribution in [1.82, 2.24) is 4.98 Å². The normalized spacial score (nSPS) is 11.4. The third kappa shape index (κ3) is 3.33. The summed E-state index contributed by atoms with van der Waals surface area (Å²) in [6.45, 7) is 1.68. The second-order valence-corrected chi connectivity index (χ2v) is 4.40. The zero-order valence-corrected chi connectivity index (χ0v) is 11.0. The van der Waals surface area contributed by atoms with Crippen molar-refractivity contribution in [3.05, 3.63) is 41.0 Å². The fourth-order valence-corrected chi connectivity index (χ4v) is 1.69. The Hall–Kier alpha value is -1.95. The molecule has 0 amide bonds. The van der Waals surface area contributed by atoms with Crippen LogP contribution in [0.3, 0.4) is 0 Å². The second kappa shape index (κ2) is 5.20. The van der Waals surface area contributed by atoms with Crippen LogP contribution < -0.4 is 4.74 Å². The topological polar surface area (TPSA) is 42.4 Å². The molecular formula is C13H9ClF3NO2. The standard InChI is InChI=1S/C13H9ClF3NO2/c1-7-9(14)3-4-10(18-7)8-2-5-11(19)12(6-8)20-13(15,16)17/h2-6,19H,1H3. The van der Waals surface area contributed by atoms with E-state index in [0.717, 1.165) is 12.1 Å². The molecule has 0 saturated heterocycles. The molecule has 0 aliphatic rings. The van der Waals surface area contributed by atoms with Crippen molar-refractivity contribution in [2.75, 3.05) is 0 Å². The number of benzene rings is 1. The van der Waals surface area contributed by atoms with Crippen molar-refractivity contribution in [1.29, 1.82) is 0 Å². The van der Waals surface area contributed by atoms with E-state index in [0.29, 0.717) is 22.0 Å². The maximum Gasteiger partial charge on any atom is 0.573 e. The summed E-state index contributed by atoms with van der Waals surface area (Å²) in [5.74, 6) is -1.28. The number of nitrogens with zero attached hydrogens (tertiary/aromatic N) is 1. The van der Waals surface area contributed by atoms with Gasteiger partial charge in [0.2, 0.25) is 0 Å². The maximum atomic E-state index is 12.2. The molecule has 0 bridgehead atoms. The Balaban J connectivity index is 2.42. The Morgan fingerprint density at radius 2 is 1.90 bits per heavy atom. The van der Waals surface area contributed by atoms with Crippen LogP contribution in [0.15, 0.2) is 30.3 Å². The van der Waals surface area contributed by atoms with Gasteiger partial charge in [0.25, 0.3) is 0 Å². The van der Waals surface area contributed by atoms with E-state index in [-0.39, 0.29) is 0 Å². The molecule has 106 valence electrons. The minimum Gasteiger partial charge on any atom is -0.504 e. The van der Waals surface area contributed by atoms with Gasteiger partial charge in [-0.05, 0) is 37.3 Å². The summed E-state index contributed by atoms with van der Waals surface area (Å²) in [5.41, 5.74) is 1.36. The van der Waals surface area contributed by atoms with E-state index in [1.54, 1.807) is 19.1 Å². The summed E-state index contributed by atoms with van der Waals surface area (Å²) in [4.78, 5) is 4.16. The monoisotopic (exact) mass is 303 g/mol. The molecule has 3 nitrogen and oxygen atoms in total. The maximum absolute atomic E-state index is 12.2. The SMILES string of the molecule is Cc1nc(-c2ccc(O)c(OC(F)(F)F)c2)ccc1Cl. The summed E-state index contributed by atoms with van der Waals surface area (Å²) in [6.07, 6.45) is -4.88. The van der Waals surface area contributed by atoms with Crippen molar-refractivity contribution in [2.24, 2.45) is 0 Å². The van der Waals surface area contributed by atoms with Crippen LogP contribution in [0.1, 0.15) is 5.69 Å². The molecule has 0 saturated carbocycles. The van der Waals surface area contributed by atoms with Gasteiger partial charge in [-0.15, -0.1) is 13.2 Å². The van der Waals surface area contributed by atoms with Gasteiger partial charge in [-0.3, -0.25) is 4.98 Å². The van der Waals surface area contributed by atoms with Crippen molar-refractivity contribution in [3.8, 4) is 22.8 Å². The fourth-order valence-electron chi connectivity index (χ4n) is 1.58. The van der Waals surface area contributed by atoms with Gasteiger partial charge in [0.15, 0.2) is 11.5 Å². The molecule has 0 aliphatic heterocycles. The lowest BCUT2D eigenvalue weighted by Crippen LogP contribution is -2.17. The molecule has 1 N–H and O–H groups in total. The van der Waals surface area contributed by atoms with Crippen LogP contribution in [0.5, 0.6) is 11.5 Å². The number of ether oxygens (including phenoxy) is 1. The van der Waals surface area contributed by atoms with E-state index in [9.17, 15) is 18.3 Å². The highest BCUT2D eigenvalue weighted by molar-refractivity contribution is 6.31. The van der Waals surface area contributed by atoms with Gasteiger partial charge in [-0.25, -0.2) is 0 Å².